The second-order valence-electron chi connectivity index (χ2n) is 4.69. The van der Waals surface area contributed by atoms with Gasteiger partial charge in [-0.2, -0.15) is 17.0 Å². The number of thioether (sulfide) groups is 1. The van der Waals surface area contributed by atoms with E-state index < -0.39 is 5.97 Å². The van der Waals surface area contributed by atoms with Crippen LogP contribution in [0.1, 0.15) is 18.1 Å². The van der Waals surface area contributed by atoms with Crippen LogP contribution in [0.2, 0.25) is 0 Å². The van der Waals surface area contributed by atoms with E-state index >= 15 is 0 Å². The summed E-state index contributed by atoms with van der Waals surface area (Å²) in [5.41, 5.74) is 2.26. The van der Waals surface area contributed by atoms with E-state index in [-0.39, 0.29) is 0 Å². The van der Waals surface area contributed by atoms with Crippen LogP contribution < -0.4 is 4.90 Å². The van der Waals surface area contributed by atoms with Gasteiger partial charge in [0.2, 0.25) is 0 Å². The Balaban J connectivity index is 2.26. The van der Waals surface area contributed by atoms with Crippen molar-refractivity contribution in [3.63, 3.8) is 0 Å². The van der Waals surface area contributed by atoms with Crippen molar-refractivity contribution in [3.05, 3.63) is 35.4 Å². The highest BCUT2D eigenvalue weighted by molar-refractivity contribution is 8.00. The van der Waals surface area contributed by atoms with Crippen molar-refractivity contribution in [3.8, 4) is 6.07 Å². The van der Waals surface area contributed by atoms with Crippen LogP contribution in [0.25, 0.3) is 6.08 Å². The molecule has 0 bridgehead atoms. The van der Waals surface area contributed by atoms with Gasteiger partial charge in [-0.3, -0.25) is 0 Å². The minimum atomic E-state index is -0.991. The van der Waals surface area contributed by atoms with Gasteiger partial charge < -0.3 is 10.0 Å². The summed E-state index contributed by atoms with van der Waals surface area (Å²) in [6.07, 6.45) is 2.58. The number of nitrogens with zero attached hydrogens (tertiary/aromatic N) is 2. The van der Waals surface area contributed by atoms with Crippen molar-refractivity contribution >= 4 is 29.5 Å². The van der Waals surface area contributed by atoms with E-state index in [0.29, 0.717) is 10.8 Å². The second-order valence-corrected chi connectivity index (χ2v) is 6.23. The number of carboxylic acids is 1. The molecule has 0 aromatic heterocycles. The summed E-state index contributed by atoms with van der Waals surface area (Å²) in [5, 5.41) is 18.5. The van der Waals surface area contributed by atoms with Gasteiger partial charge >= 0.3 is 5.97 Å². The zero-order valence-electron chi connectivity index (χ0n) is 11.2. The van der Waals surface area contributed by atoms with Gasteiger partial charge in [0, 0.05) is 30.2 Å². The van der Waals surface area contributed by atoms with Crippen molar-refractivity contribution < 1.29 is 9.90 Å². The molecule has 104 valence electrons. The average molecular weight is 288 g/mol. The maximum Gasteiger partial charge on any atom is 0.328 e. The summed E-state index contributed by atoms with van der Waals surface area (Å²) in [6, 6.07) is 7.70. The largest absolute Gasteiger partial charge is 0.478 e. The van der Waals surface area contributed by atoms with Crippen LogP contribution in [0.4, 0.5) is 5.69 Å². The normalized spacial score (nSPS) is 19.0. The smallest absolute Gasteiger partial charge is 0.328 e. The molecule has 1 aromatic carbocycles. The zero-order valence-corrected chi connectivity index (χ0v) is 12.1. The minimum Gasteiger partial charge on any atom is -0.478 e. The highest BCUT2D eigenvalue weighted by Crippen LogP contribution is 2.27. The first-order valence-corrected chi connectivity index (χ1v) is 7.46. The molecule has 1 aliphatic rings. The Kier molecular flexibility index (Phi) is 4.70. The lowest BCUT2D eigenvalue weighted by molar-refractivity contribution is -0.131. The highest BCUT2D eigenvalue weighted by Gasteiger charge is 2.19. The predicted molar refractivity (Wildman–Crippen MR) is 82.0 cm³/mol. The van der Waals surface area contributed by atoms with Gasteiger partial charge in [0.05, 0.1) is 11.3 Å². The fraction of sp³-hybridized carbons (Fsp3) is 0.333. The number of anilines is 1. The molecule has 0 radical (unpaired) electrons. The van der Waals surface area contributed by atoms with E-state index in [1.54, 1.807) is 6.07 Å². The molecule has 20 heavy (non-hydrogen) atoms. The number of nitriles is 1. The van der Waals surface area contributed by atoms with Crippen LogP contribution >= 0.6 is 11.8 Å². The van der Waals surface area contributed by atoms with Crippen molar-refractivity contribution in [1.82, 2.24) is 0 Å². The van der Waals surface area contributed by atoms with Gasteiger partial charge in [0.25, 0.3) is 0 Å². The number of carboxylic acid groups (broad SMARTS) is 1. The summed E-state index contributed by atoms with van der Waals surface area (Å²) in [4.78, 5) is 12.7. The van der Waals surface area contributed by atoms with E-state index in [4.69, 9.17) is 5.11 Å². The molecule has 1 N–H and O–H groups in total. The predicted octanol–water partition coefficient (Wildman–Crippen LogP) is 2.60. The van der Waals surface area contributed by atoms with Crippen LogP contribution in [-0.2, 0) is 4.79 Å². The van der Waals surface area contributed by atoms with Crippen molar-refractivity contribution in [2.24, 2.45) is 0 Å². The lowest BCUT2D eigenvalue weighted by Gasteiger charge is -2.33. The van der Waals surface area contributed by atoms with Crippen LogP contribution in [0.5, 0.6) is 0 Å². The molecule has 5 heteroatoms. The molecule has 1 aliphatic heterocycles. The zero-order chi connectivity index (χ0) is 14.5. The van der Waals surface area contributed by atoms with Gasteiger partial charge in [0.15, 0.2) is 0 Å². The number of rotatable bonds is 3. The number of hydrogen-bond acceptors (Lipinski definition) is 4. The molecule has 4 nitrogen and oxygen atoms in total. The first-order valence-electron chi connectivity index (χ1n) is 6.42. The minimum absolute atomic E-state index is 0.557. The molecule has 1 heterocycles. The van der Waals surface area contributed by atoms with Gasteiger partial charge in [-0.05, 0) is 23.8 Å². The first kappa shape index (κ1) is 14.5. The molecule has 0 spiro atoms. The van der Waals surface area contributed by atoms with Crippen LogP contribution in [0, 0.1) is 11.3 Å². The molecule has 0 saturated carbocycles. The summed E-state index contributed by atoms with van der Waals surface area (Å²) in [7, 11) is 0. The fourth-order valence-electron chi connectivity index (χ4n) is 2.23. The Labute approximate surface area is 122 Å². The van der Waals surface area contributed by atoms with Crippen LogP contribution in [0.15, 0.2) is 24.3 Å². The molecule has 1 unspecified atom stereocenters. The van der Waals surface area contributed by atoms with Crippen LogP contribution in [-0.4, -0.2) is 35.2 Å². The van der Waals surface area contributed by atoms with Gasteiger partial charge in [-0.1, -0.05) is 13.0 Å². The Morgan fingerprint density at radius 3 is 3.05 bits per heavy atom. The van der Waals surface area contributed by atoms with Gasteiger partial charge in [0.1, 0.15) is 6.07 Å². The molecule has 1 fully saturated rings. The van der Waals surface area contributed by atoms with Gasteiger partial charge in [-0.25, -0.2) is 4.79 Å². The Morgan fingerprint density at radius 1 is 1.60 bits per heavy atom. The van der Waals surface area contributed by atoms with Crippen molar-refractivity contribution in [2.75, 3.05) is 23.7 Å². The molecular weight excluding hydrogens is 272 g/mol. The topological polar surface area (TPSA) is 64.3 Å². The van der Waals surface area contributed by atoms with E-state index in [1.165, 1.54) is 6.08 Å². The standard InChI is InChI=1S/C15H16N2O2S/c1-11-10-17(6-7-20-11)14-4-2-12(3-5-15(18)19)8-13(14)9-16/h2-5,8,11H,6-7,10H2,1H3,(H,18,19)/b5-3+. The maximum absolute atomic E-state index is 10.5. The molecule has 0 aliphatic carbocycles. The monoisotopic (exact) mass is 288 g/mol. The Morgan fingerprint density at radius 2 is 2.40 bits per heavy atom. The average Bonchev–Trinajstić information content (AvgIpc) is 2.44. The molecule has 2 rings (SSSR count). The number of aliphatic carboxylic acids is 1. The third-order valence-corrected chi connectivity index (χ3v) is 4.28. The molecule has 1 saturated heterocycles. The quantitative estimate of drug-likeness (QED) is 0.866. The SMILES string of the molecule is CC1CN(c2ccc(/C=C/C(=O)O)cc2C#N)CCS1. The van der Waals surface area contributed by atoms with Gasteiger partial charge in [-0.15, -0.1) is 0 Å². The molecule has 0 amide bonds. The Hall–Kier alpha value is -1.93. The van der Waals surface area contributed by atoms with E-state index in [1.807, 2.05) is 23.9 Å². The highest BCUT2D eigenvalue weighted by atomic mass is 32.2. The fourth-order valence-corrected chi connectivity index (χ4v) is 3.24. The van der Waals surface area contributed by atoms with Crippen molar-refractivity contribution in [2.45, 2.75) is 12.2 Å². The summed E-state index contributed by atoms with van der Waals surface area (Å²) in [5.74, 6) is 0.0710. The lowest BCUT2D eigenvalue weighted by Crippen LogP contribution is -2.37. The number of hydrogen-bond donors (Lipinski definition) is 1. The first-order chi connectivity index (χ1) is 9.60. The third-order valence-electron chi connectivity index (χ3n) is 3.14. The second kappa shape index (κ2) is 6.49. The molecule has 1 aromatic rings. The lowest BCUT2D eigenvalue weighted by atomic mass is 10.1. The maximum atomic E-state index is 10.5. The number of benzene rings is 1. The third kappa shape index (κ3) is 3.55. The summed E-state index contributed by atoms with van der Waals surface area (Å²) >= 11 is 1.94. The Bertz CT molecular complexity index is 578. The molecule has 1 atom stereocenters. The summed E-state index contributed by atoms with van der Waals surface area (Å²) in [6.45, 7) is 4.06. The van der Waals surface area contributed by atoms with E-state index in [9.17, 15) is 10.1 Å². The summed E-state index contributed by atoms with van der Waals surface area (Å²) < 4.78 is 0. The van der Waals surface area contributed by atoms with E-state index in [0.717, 1.165) is 36.2 Å². The van der Waals surface area contributed by atoms with Crippen LogP contribution in [0.3, 0.4) is 0 Å². The number of carbonyl (C=O) groups is 1. The van der Waals surface area contributed by atoms with Crippen molar-refractivity contribution in [1.29, 1.82) is 5.26 Å². The van der Waals surface area contributed by atoms with E-state index in [2.05, 4.69) is 17.9 Å². The molecular formula is C15H16N2O2S.